The summed E-state index contributed by atoms with van der Waals surface area (Å²) in [4.78, 5) is 21.8. The number of benzene rings is 2. The van der Waals surface area contributed by atoms with Gasteiger partial charge in [-0.15, -0.1) is 0 Å². The molecule has 0 aliphatic carbocycles. The molecular formula is C22H24ClN5OS. The summed E-state index contributed by atoms with van der Waals surface area (Å²) in [6.45, 7) is 1.66. The molecule has 30 heavy (non-hydrogen) atoms. The molecule has 2 heterocycles. The molecule has 0 bridgehead atoms. The molecule has 0 spiro atoms. The summed E-state index contributed by atoms with van der Waals surface area (Å²) in [5.41, 5.74) is 3.20. The molecule has 4 rings (SSSR count). The summed E-state index contributed by atoms with van der Waals surface area (Å²) in [5, 5.41) is 7.61. The lowest BCUT2D eigenvalue weighted by atomic mass is 10.0. The molecule has 2 N–H and O–H groups in total. The Morgan fingerprint density at radius 3 is 2.70 bits per heavy atom. The second kappa shape index (κ2) is 8.71. The summed E-state index contributed by atoms with van der Waals surface area (Å²) in [7, 11) is 3.70. The maximum atomic E-state index is 13.3. The maximum Gasteiger partial charge on any atom is 0.272 e. The summed E-state index contributed by atoms with van der Waals surface area (Å²) in [6.07, 6.45) is 0.191. The monoisotopic (exact) mass is 441 g/mol. The van der Waals surface area contributed by atoms with E-state index >= 15 is 0 Å². The first-order chi connectivity index (χ1) is 14.5. The van der Waals surface area contributed by atoms with Gasteiger partial charge in [0.25, 0.3) is 5.91 Å². The number of likely N-dealkylation sites (N-methyl/N-ethyl adjacent to an activating group) is 2. The van der Waals surface area contributed by atoms with Crippen molar-refractivity contribution in [2.24, 2.45) is 4.99 Å². The van der Waals surface area contributed by atoms with Crippen LogP contribution in [-0.4, -0.2) is 61.0 Å². The van der Waals surface area contributed by atoms with Crippen LogP contribution in [0.1, 0.15) is 17.5 Å². The molecule has 2 aromatic carbocycles. The fourth-order valence-electron chi connectivity index (χ4n) is 3.86. The third-order valence-corrected chi connectivity index (χ3v) is 6.20. The highest BCUT2D eigenvalue weighted by molar-refractivity contribution is 7.80. The number of likely N-dealkylation sites (tertiary alicyclic amines) is 1. The second-order valence-corrected chi connectivity index (χ2v) is 8.30. The minimum absolute atomic E-state index is 0.170. The molecule has 8 heteroatoms. The summed E-state index contributed by atoms with van der Waals surface area (Å²) in [5.74, 6) is -0.170. The Balaban J connectivity index is 1.72. The Labute approximate surface area is 186 Å². The number of thiocarbonyl (C=S) groups is 1. The number of nitrogens with one attached hydrogen (secondary N) is 2. The van der Waals surface area contributed by atoms with Crippen molar-refractivity contribution in [2.45, 2.75) is 18.6 Å². The van der Waals surface area contributed by atoms with Crippen LogP contribution in [0.15, 0.2) is 53.5 Å². The van der Waals surface area contributed by atoms with Gasteiger partial charge in [-0.05, 0) is 43.9 Å². The van der Waals surface area contributed by atoms with Gasteiger partial charge < -0.3 is 20.4 Å². The number of nitrogens with zero attached hydrogens (tertiary/aromatic N) is 3. The highest BCUT2D eigenvalue weighted by Gasteiger charge is 2.32. The number of carbonyl (C=O) groups is 1. The van der Waals surface area contributed by atoms with Crippen LogP contribution in [0.2, 0.25) is 5.02 Å². The van der Waals surface area contributed by atoms with Crippen LogP contribution in [0.3, 0.4) is 0 Å². The lowest BCUT2D eigenvalue weighted by Crippen LogP contribution is -2.50. The van der Waals surface area contributed by atoms with E-state index in [-0.39, 0.29) is 5.91 Å². The number of fused-ring (bicyclic) bond motifs is 1. The van der Waals surface area contributed by atoms with Crippen molar-refractivity contribution >= 4 is 46.2 Å². The fourth-order valence-corrected chi connectivity index (χ4v) is 4.30. The topological polar surface area (TPSA) is 60.0 Å². The first-order valence-electron chi connectivity index (χ1n) is 9.91. The molecule has 1 amide bonds. The summed E-state index contributed by atoms with van der Waals surface area (Å²) >= 11 is 11.9. The Morgan fingerprint density at radius 2 is 2.00 bits per heavy atom. The number of halogens is 1. The maximum absolute atomic E-state index is 13.3. The van der Waals surface area contributed by atoms with Gasteiger partial charge in [0.05, 0.1) is 11.4 Å². The number of amides is 1. The second-order valence-electron chi connectivity index (χ2n) is 7.47. The zero-order valence-electron chi connectivity index (χ0n) is 16.9. The largest absolute Gasteiger partial charge is 0.348 e. The zero-order chi connectivity index (χ0) is 21.3. The van der Waals surface area contributed by atoms with Gasteiger partial charge in [-0.25, -0.2) is 4.99 Å². The van der Waals surface area contributed by atoms with Crippen LogP contribution in [0.4, 0.5) is 5.69 Å². The zero-order valence-corrected chi connectivity index (χ0v) is 18.5. The van der Waals surface area contributed by atoms with Gasteiger partial charge in [0.2, 0.25) is 6.17 Å². The van der Waals surface area contributed by atoms with E-state index in [1.807, 2.05) is 49.5 Å². The number of hydrogen-bond donors (Lipinski definition) is 2. The van der Waals surface area contributed by atoms with Crippen LogP contribution < -0.4 is 15.5 Å². The Morgan fingerprint density at radius 1 is 1.23 bits per heavy atom. The molecule has 0 saturated carbocycles. The van der Waals surface area contributed by atoms with Crippen molar-refractivity contribution in [3.63, 3.8) is 0 Å². The number of aliphatic imine (C=N–C) groups is 1. The molecule has 1 saturated heterocycles. The van der Waals surface area contributed by atoms with E-state index in [2.05, 4.69) is 15.5 Å². The molecule has 2 atom stereocenters. The van der Waals surface area contributed by atoms with E-state index in [4.69, 9.17) is 28.8 Å². The number of anilines is 1. The first kappa shape index (κ1) is 20.8. The standard InChI is InChI=1S/C22H24ClN5OS/c1-24-16-10-11-28(13-16)22(30)26-20-21(29)27(2)18-9-8-15(23)12-17(18)19(25-20)14-6-4-3-5-7-14/h3-9,12,16,20,24H,10-11,13H2,1-2H3,(H,26,30). The number of benzodiazepines with no additional fused rings is 1. The van der Waals surface area contributed by atoms with E-state index in [9.17, 15) is 4.79 Å². The number of carbonyl (C=O) groups excluding carboxylic acids is 1. The molecule has 2 aliphatic rings. The van der Waals surface area contributed by atoms with E-state index in [0.717, 1.165) is 36.3 Å². The van der Waals surface area contributed by atoms with E-state index in [1.165, 1.54) is 0 Å². The predicted octanol–water partition coefficient (Wildman–Crippen LogP) is 2.65. The normalized spacial score (nSPS) is 21.2. The molecule has 1 fully saturated rings. The Hall–Kier alpha value is -2.48. The van der Waals surface area contributed by atoms with E-state index in [0.29, 0.717) is 21.9 Å². The average Bonchev–Trinajstić information content (AvgIpc) is 3.22. The van der Waals surface area contributed by atoms with Crippen molar-refractivity contribution in [3.05, 3.63) is 64.7 Å². The van der Waals surface area contributed by atoms with Gasteiger partial charge in [0, 0.05) is 42.3 Å². The smallest absolute Gasteiger partial charge is 0.272 e. The minimum atomic E-state index is -0.822. The first-order valence-corrected chi connectivity index (χ1v) is 10.7. The van der Waals surface area contributed by atoms with Gasteiger partial charge in [0.1, 0.15) is 0 Å². The number of hydrogen-bond acceptors (Lipinski definition) is 4. The minimum Gasteiger partial charge on any atom is -0.348 e. The van der Waals surface area contributed by atoms with Crippen LogP contribution >= 0.6 is 23.8 Å². The molecule has 156 valence electrons. The van der Waals surface area contributed by atoms with Gasteiger partial charge in [-0.3, -0.25) is 4.79 Å². The van der Waals surface area contributed by atoms with Gasteiger partial charge in [0.15, 0.2) is 5.11 Å². The quantitative estimate of drug-likeness (QED) is 0.717. The van der Waals surface area contributed by atoms with Crippen LogP contribution in [0.25, 0.3) is 0 Å². The van der Waals surface area contributed by atoms with E-state index < -0.39 is 6.17 Å². The van der Waals surface area contributed by atoms with Gasteiger partial charge >= 0.3 is 0 Å². The number of rotatable bonds is 3. The fraction of sp³-hybridized carbons (Fsp3) is 0.318. The highest BCUT2D eigenvalue weighted by Crippen LogP contribution is 2.30. The van der Waals surface area contributed by atoms with Crippen molar-refractivity contribution in [2.75, 3.05) is 32.1 Å². The lowest BCUT2D eigenvalue weighted by molar-refractivity contribution is -0.119. The van der Waals surface area contributed by atoms with Crippen LogP contribution in [0, 0.1) is 0 Å². The molecular weight excluding hydrogens is 418 g/mol. The molecule has 2 aliphatic heterocycles. The molecule has 6 nitrogen and oxygen atoms in total. The van der Waals surface area contributed by atoms with Crippen molar-refractivity contribution in [1.82, 2.24) is 15.5 Å². The summed E-state index contributed by atoms with van der Waals surface area (Å²) < 4.78 is 0. The van der Waals surface area contributed by atoms with Crippen LogP contribution in [0.5, 0.6) is 0 Å². The highest BCUT2D eigenvalue weighted by atomic mass is 35.5. The van der Waals surface area contributed by atoms with Gasteiger partial charge in [-0.2, -0.15) is 0 Å². The van der Waals surface area contributed by atoms with Gasteiger partial charge in [-0.1, -0.05) is 41.9 Å². The average molecular weight is 442 g/mol. The van der Waals surface area contributed by atoms with E-state index in [1.54, 1.807) is 18.0 Å². The van der Waals surface area contributed by atoms with Crippen molar-refractivity contribution in [3.8, 4) is 0 Å². The third kappa shape index (κ3) is 4.05. The summed E-state index contributed by atoms with van der Waals surface area (Å²) in [6, 6.07) is 15.7. The third-order valence-electron chi connectivity index (χ3n) is 5.59. The Bertz CT molecular complexity index is 996. The van der Waals surface area contributed by atoms with Crippen LogP contribution in [-0.2, 0) is 4.79 Å². The molecule has 2 unspecified atom stereocenters. The molecule has 0 aromatic heterocycles. The molecule has 0 radical (unpaired) electrons. The lowest BCUT2D eigenvalue weighted by Gasteiger charge is -2.25. The SMILES string of the molecule is CNC1CCN(C(=S)NC2N=C(c3ccccc3)c3cc(Cl)ccc3N(C)C2=O)C1. The predicted molar refractivity (Wildman–Crippen MR) is 126 cm³/mol. The van der Waals surface area contributed by atoms with Crippen molar-refractivity contribution < 1.29 is 4.79 Å². The van der Waals surface area contributed by atoms with Crippen molar-refractivity contribution in [1.29, 1.82) is 0 Å². The Kier molecular flexibility index (Phi) is 6.04. The molecule has 2 aromatic rings.